The second-order valence-corrected chi connectivity index (χ2v) is 6.78. The lowest BCUT2D eigenvalue weighted by molar-refractivity contribution is 0.0358. The fraction of sp³-hybridized carbons (Fsp3) is 0.421. The van der Waals surface area contributed by atoms with Crippen molar-refractivity contribution in [2.75, 3.05) is 25.0 Å². The van der Waals surface area contributed by atoms with Crippen molar-refractivity contribution < 1.29 is 14.3 Å². The van der Waals surface area contributed by atoms with Crippen molar-refractivity contribution in [3.05, 3.63) is 54.0 Å². The van der Waals surface area contributed by atoms with E-state index >= 15 is 0 Å². The topological polar surface area (TPSA) is 65.7 Å². The lowest BCUT2D eigenvalue weighted by Gasteiger charge is -2.39. The van der Waals surface area contributed by atoms with Crippen LogP contribution in [0.5, 0.6) is 0 Å². The van der Waals surface area contributed by atoms with Gasteiger partial charge in [0, 0.05) is 24.2 Å². The van der Waals surface area contributed by atoms with Crippen molar-refractivity contribution in [3.63, 3.8) is 0 Å². The van der Waals surface area contributed by atoms with Gasteiger partial charge in [0.15, 0.2) is 0 Å². The minimum Gasteiger partial charge on any atom is -0.467 e. The van der Waals surface area contributed by atoms with Crippen LogP contribution in [-0.4, -0.2) is 35.6 Å². The molecule has 2 N–H and O–H groups in total. The van der Waals surface area contributed by atoms with Crippen LogP contribution in [0.4, 0.5) is 5.69 Å². The van der Waals surface area contributed by atoms with E-state index in [4.69, 9.17) is 4.42 Å². The van der Waals surface area contributed by atoms with Gasteiger partial charge in [-0.3, -0.25) is 4.79 Å². The van der Waals surface area contributed by atoms with Gasteiger partial charge in [-0.25, -0.2) is 0 Å². The highest BCUT2D eigenvalue weighted by Crippen LogP contribution is 2.30. The molecule has 24 heavy (non-hydrogen) atoms. The molecule has 1 aliphatic heterocycles. The molecule has 2 heterocycles. The second kappa shape index (κ2) is 7.09. The maximum absolute atomic E-state index is 13.0. The summed E-state index contributed by atoms with van der Waals surface area (Å²) in [6.07, 6.45) is 3.51. The SMILES string of the molecule is CC1(CO)CCCN(C(=O)c2ccccc2NCc2ccco2)C1. The number of amides is 1. The minimum atomic E-state index is -0.204. The Kier molecular flexibility index (Phi) is 4.90. The average molecular weight is 328 g/mol. The molecule has 1 aromatic heterocycles. The molecular formula is C19H24N2O3. The van der Waals surface area contributed by atoms with Gasteiger partial charge in [-0.1, -0.05) is 19.1 Å². The molecule has 1 amide bonds. The van der Waals surface area contributed by atoms with Crippen molar-refractivity contribution in [2.24, 2.45) is 5.41 Å². The van der Waals surface area contributed by atoms with E-state index < -0.39 is 0 Å². The number of para-hydroxylation sites is 1. The summed E-state index contributed by atoms with van der Waals surface area (Å²) in [7, 11) is 0. The number of carbonyl (C=O) groups excluding carboxylic acids is 1. The van der Waals surface area contributed by atoms with E-state index in [0.29, 0.717) is 18.7 Å². The maximum atomic E-state index is 13.0. The first kappa shape index (κ1) is 16.6. The van der Waals surface area contributed by atoms with E-state index in [-0.39, 0.29) is 17.9 Å². The summed E-state index contributed by atoms with van der Waals surface area (Å²) in [4.78, 5) is 14.8. The Morgan fingerprint density at radius 1 is 1.33 bits per heavy atom. The Hall–Kier alpha value is -2.27. The summed E-state index contributed by atoms with van der Waals surface area (Å²) in [5.41, 5.74) is 1.26. The number of likely N-dealkylation sites (tertiary alicyclic amines) is 1. The van der Waals surface area contributed by atoms with Crippen molar-refractivity contribution >= 4 is 11.6 Å². The van der Waals surface area contributed by atoms with Crippen LogP contribution < -0.4 is 5.32 Å². The second-order valence-electron chi connectivity index (χ2n) is 6.78. The minimum absolute atomic E-state index is 0.0110. The molecule has 0 saturated carbocycles. The molecule has 1 unspecified atom stereocenters. The first-order valence-corrected chi connectivity index (χ1v) is 8.37. The van der Waals surface area contributed by atoms with E-state index in [9.17, 15) is 9.90 Å². The quantitative estimate of drug-likeness (QED) is 0.885. The van der Waals surface area contributed by atoms with Crippen LogP contribution in [0.25, 0.3) is 0 Å². The number of rotatable bonds is 5. The Morgan fingerprint density at radius 3 is 2.92 bits per heavy atom. The summed E-state index contributed by atoms with van der Waals surface area (Å²) >= 11 is 0. The number of nitrogens with zero attached hydrogens (tertiary/aromatic N) is 1. The third-order valence-electron chi connectivity index (χ3n) is 4.64. The summed E-state index contributed by atoms with van der Waals surface area (Å²) in [6.45, 7) is 4.00. The molecule has 1 atom stereocenters. The van der Waals surface area contributed by atoms with E-state index in [1.807, 2.05) is 48.2 Å². The first-order valence-electron chi connectivity index (χ1n) is 8.37. The molecule has 3 rings (SSSR count). The van der Waals surface area contributed by atoms with Gasteiger partial charge in [0.1, 0.15) is 5.76 Å². The van der Waals surface area contributed by atoms with Crippen molar-refractivity contribution in [1.82, 2.24) is 4.90 Å². The number of nitrogens with one attached hydrogen (secondary N) is 1. The predicted molar refractivity (Wildman–Crippen MR) is 92.8 cm³/mol. The van der Waals surface area contributed by atoms with Crippen LogP contribution in [0.1, 0.15) is 35.9 Å². The Balaban J connectivity index is 1.75. The number of piperidine rings is 1. The number of aliphatic hydroxyl groups is 1. The van der Waals surface area contributed by atoms with Crippen LogP contribution in [0.15, 0.2) is 47.1 Å². The molecule has 0 aliphatic carbocycles. The summed E-state index contributed by atoms with van der Waals surface area (Å²) < 4.78 is 5.33. The molecule has 0 spiro atoms. The standard InChI is InChI=1S/C19H24N2O3/c1-19(14-22)9-5-10-21(13-19)18(23)16-7-2-3-8-17(16)20-12-15-6-4-11-24-15/h2-4,6-8,11,20,22H,5,9-10,12-14H2,1H3. The molecule has 1 aliphatic rings. The Morgan fingerprint density at radius 2 is 2.17 bits per heavy atom. The Bertz CT molecular complexity index is 684. The van der Waals surface area contributed by atoms with Crippen molar-refractivity contribution in [3.8, 4) is 0 Å². The summed E-state index contributed by atoms with van der Waals surface area (Å²) in [5, 5.41) is 12.9. The smallest absolute Gasteiger partial charge is 0.255 e. The van der Waals surface area contributed by atoms with Gasteiger partial charge in [0.2, 0.25) is 0 Å². The van der Waals surface area contributed by atoms with Gasteiger partial charge in [-0.05, 0) is 37.1 Å². The predicted octanol–water partition coefficient (Wildman–Crippen LogP) is 3.13. The fourth-order valence-corrected chi connectivity index (χ4v) is 3.21. The van der Waals surface area contributed by atoms with Crippen LogP contribution in [0.3, 0.4) is 0 Å². The molecule has 1 aromatic carbocycles. The highest BCUT2D eigenvalue weighted by atomic mass is 16.3. The normalized spacial score (nSPS) is 20.8. The first-order chi connectivity index (χ1) is 11.6. The van der Waals surface area contributed by atoms with Crippen molar-refractivity contribution in [2.45, 2.75) is 26.3 Å². The van der Waals surface area contributed by atoms with E-state index in [0.717, 1.165) is 30.8 Å². The number of furan rings is 1. The number of hydrogen-bond donors (Lipinski definition) is 2. The third-order valence-corrected chi connectivity index (χ3v) is 4.64. The average Bonchev–Trinajstić information content (AvgIpc) is 3.13. The van der Waals surface area contributed by atoms with E-state index in [1.54, 1.807) is 6.26 Å². The molecular weight excluding hydrogens is 304 g/mol. The molecule has 0 bridgehead atoms. The van der Waals surface area contributed by atoms with E-state index in [2.05, 4.69) is 5.32 Å². The molecule has 1 fully saturated rings. The molecule has 1 saturated heterocycles. The zero-order valence-electron chi connectivity index (χ0n) is 14.0. The van der Waals surface area contributed by atoms with Gasteiger partial charge >= 0.3 is 0 Å². The van der Waals surface area contributed by atoms with Gasteiger partial charge in [0.05, 0.1) is 25.0 Å². The maximum Gasteiger partial charge on any atom is 0.255 e. The molecule has 5 heteroatoms. The van der Waals surface area contributed by atoms with Crippen LogP contribution in [0.2, 0.25) is 0 Å². The Labute approximate surface area is 142 Å². The van der Waals surface area contributed by atoms with Crippen LogP contribution >= 0.6 is 0 Å². The van der Waals surface area contributed by atoms with Gasteiger partial charge in [-0.15, -0.1) is 0 Å². The highest BCUT2D eigenvalue weighted by Gasteiger charge is 2.33. The fourth-order valence-electron chi connectivity index (χ4n) is 3.21. The number of hydrogen-bond acceptors (Lipinski definition) is 4. The highest BCUT2D eigenvalue weighted by molar-refractivity contribution is 5.99. The molecule has 2 aromatic rings. The number of carbonyl (C=O) groups is 1. The van der Waals surface area contributed by atoms with Gasteiger partial charge in [-0.2, -0.15) is 0 Å². The lowest BCUT2D eigenvalue weighted by Crippen LogP contribution is -2.46. The zero-order valence-corrected chi connectivity index (χ0v) is 14.0. The molecule has 0 radical (unpaired) electrons. The van der Waals surface area contributed by atoms with E-state index in [1.165, 1.54) is 0 Å². The summed E-state index contributed by atoms with van der Waals surface area (Å²) in [6, 6.07) is 11.3. The third kappa shape index (κ3) is 3.62. The van der Waals surface area contributed by atoms with Crippen LogP contribution in [0, 0.1) is 5.41 Å². The number of benzene rings is 1. The van der Waals surface area contributed by atoms with Crippen LogP contribution in [-0.2, 0) is 6.54 Å². The zero-order chi connectivity index (χ0) is 17.0. The van der Waals surface area contributed by atoms with Gasteiger partial charge < -0.3 is 19.7 Å². The largest absolute Gasteiger partial charge is 0.467 e. The lowest BCUT2D eigenvalue weighted by atomic mass is 9.82. The van der Waals surface area contributed by atoms with Crippen molar-refractivity contribution in [1.29, 1.82) is 0 Å². The number of anilines is 1. The monoisotopic (exact) mass is 328 g/mol. The number of aliphatic hydroxyl groups excluding tert-OH is 1. The molecule has 5 nitrogen and oxygen atoms in total. The summed E-state index contributed by atoms with van der Waals surface area (Å²) in [5.74, 6) is 0.833. The molecule has 128 valence electrons. The van der Waals surface area contributed by atoms with Gasteiger partial charge in [0.25, 0.3) is 5.91 Å².